The van der Waals surface area contributed by atoms with Gasteiger partial charge in [-0.3, -0.25) is 4.79 Å². The highest BCUT2D eigenvalue weighted by atomic mass is 19.3. The minimum Gasteiger partial charge on any atom is -0.339 e. The lowest BCUT2D eigenvalue weighted by Crippen LogP contribution is -2.12. The molecule has 1 aromatic carbocycles. The maximum Gasteiger partial charge on any atom is 0.334 e. The fourth-order valence-electron chi connectivity index (χ4n) is 3.83. The predicted octanol–water partition coefficient (Wildman–Crippen LogP) is 4.42. The lowest BCUT2D eigenvalue weighted by molar-refractivity contribution is 0.0546. The van der Waals surface area contributed by atoms with Crippen LogP contribution < -0.4 is 5.32 Å². The van der Waals surface area contributed by atoms with Gasteiger partial charge >= 0.3 is 6.55 Å². The molecule has 1 amide bonds. The van der Waals surface area contributed by atoms with Crippen molar-refractivity contribution < 1.29 is 22.5 Å². The van der Waals surface area contributed by atoms with Crippen LogP contribution in [-0.4, -0.2) is 46.8 Å². The number of hydrogen-bond acceptors (Lipinski definition) is 7. The Morgan fingerprint density at radius 2 is 2.06 bits per heavy atom. The zero-order valence-electron chi connectivity index (χ0n) is 18.6. The summed E-state index contributed by atoms with van der Waals surface area (Å²) < 4.78 is 46.2. The topological polar surface area (TPSA) is 116 Å². The van der Waals surface area contributed by atoms with Gasteiger partial charge in [-0.1, -0.05) is 22.5 Å². The van der Waals surface area contributed by atoms with Gasteiger partial charge in [0, 0.05) is 23.0 Å². The second-order valence-electron chi connectivity index (χ2n) is 8.46. The Balaban J connectivity index is 1.28. The number of rotatable bonds is 6. The fourth-order valence-corrected chi connectivity index (χ4v) is 3.83. The summed E-state index contributed by atoms with van der Waals surface area (Å²) in [5.74, 6) is -0.210. The summed E-state index contributed by atoms with van der Waals surface area (Å²) in [4.78, 5) is 17.5. The van der Waals surface area contributed by atoms with Gasteiger partial charge in [0.1, 0.15) is 11.9 Å². The average Bonchev–Trinajstić information content (AvgIpc) is 3.32. The van der Waals surface area contributed by atoms with E-state index in [-0.39, 0.29) is 23.1 Å². The number of anilines is 1. The molecule has 4 aromatic heterocycles. The molecule has 1 aliphatic rings. The largest absolute Gasteiger partial charge is 0.339 e. The third-order valence-electron chi connectivity index (χ3n) is 5.99. The first-order valence-corrected chi connectivity index (χ1v) is 10.9. The summed E-state index contributed by atoms with van der Waals surface area (Å²) in [5.41, 5.74) is 3.38. The van der Waals surface area contributed by atoms with Crippen LogP contribution in [0, 0.1) is 6.92 Å². The van der Waals surface area contributed by atoms with E-state index < -0.39 is 18.6 Å². The summed E-state index contributed by atoms with van der Waals surface area (Å²) in [6, 6.07) is 8.56. The van der Waals surface area contributed by atoms with Crippen LogP contribution >= 0.6 is 0 Å². The van der Waals surface area contributed by atoms with Crippen LogP contribution in [0.1, 0.15) is 40.7 Å². The van der Waals surface area contributed by atoms with E-state index in [9.17, 15) is 18.0 Å². The van der Waals surface area contributed by atoms with E-state index in [1.807, 2.05) is 6.92 Å². The van der Waals surface area contributed by atoms with Crippen molar-refractivity contribution in [2.24, 2.45) is 0 Å². The summed E-state index contributed by atoms with van der Waals surface area (Å²) in [6.45, 7) is -0.974. The Morgan fingerprint density at radius 1 is 1.22 bits per heavy atom. The summed E-state index contributed by atoms with van der Waals surface area (Å²) >= 11 is 0. The zero-order chi connectivity index (χ0) is 25.0. The number of fused-ring (bicyclic) bond motifs is 1. The first kappa shape index (κ1) is 21.9. The molecule has 1 saturated carbocycles. The SMILES string of the molecule is Cc1ccc(-c2noc([C@H]3C[C@@H]3F)n2)cc1NC(=O)c1cnn2ccc(-c3cn(C(F)F)nn3)cc12. The lowest BCUT2D eigenvalue weighted by Gasteiger charge is -2.09. The van der Waals surface area contributed by atoms with Crippen molar-refractivity contribution in [2.75, 3.05) is 5.32 Å². The van der Waals surface area contributed by atoms with E-state index in [4.69, 9.17) is 4.52 Å². The molecule has 1 N–H and O–H groups in total. The number of alkyl halides is 3. The van der Waals surface area contributed by atoms with Crippen LogP contribution in [0.4, 0.5) is 18.9 Å². The molecule has 0 unspecified atom stereocenters. The molecule has 13 heteroatoms. The van der Waals surface area contributed by atoms with E-state index in [0.29, 0.717) is 39.3 Å². The Labute approximate surface area is 200 Å². The van der Waals surface area contributed by atoms with Crippen LogP contribution in [0.3, 0.4) is 0 Å². The van der Waals surface area contributed by atoms with Crippen molar-refractivity contribution in [3.63, 3.8) is 0 Å². The molecule has 0 aliphatic heterocycles. The van der Waals surface area contributed by atoms with Crippen LogP contribution in [0.2, 0.25) is 0 Å². The standard InChI is InChI=1S/C23H17F3N8O2/c1-11-2-3-13(20-29-22(36-31-20)14-8-16(14)24)6-17(11)28-21(35)15-9-27-33-5-4-12(7-19(15)33)18-10-34(23(25)26)32-30-18/h2-7,9-10,14,16,23H,8H2,1H3,(H,28,35)/t14-,16-/m0/s1. The zero-order valence-corrected chi connectivity index (χ0v) is 18.6. The molecule has 6 rings (SSSR count). The molecular weight excluding hydrogens is 477 g/mol. The molecule has 10 nitrogen and oxygen atoms in total. The van der Waals surface area contributed by atoms with Crippen LogP contribution in [0.15, 0.2) is 53.4 Å². The van der Waals surface area contributed by atoms with Crippen LogP contribution in [0.5, 0.6) is 0 Å². The molecular formula is C23H17F3N8O2. The van der Waals surface area contributed by atoms with Crippen molar-refractivity contribution >= 4 is 17.1 Å². The molecule has 5 aromatic rings. The summed E-state index contributed by atoms with van der Waals surface area (Å²) in [6.07, 6.45) is 3.57. The number of amides is 1. The molecule has 0 radical (unpaired) electrons. The maximum atomic E-state index is 13.3. The Kier molecular flexibility index (Phi) is 5.05. The van der Waals surface area contributed by atoms with Gasteiger partial charge in [-0.2, -0.15) is 23.5 Å². The maximum absolute atomic E-state index is 13.3. The number of carbonyl (C=O) groups is 1. The van der Waals surface area contributed by atoms with Crippen molar-refractivity contribution in [3.8, 4) is 22.6 Å². The molecule has 182 valence electrons. The fraction of sp³-hybridized carbons (Fsp3) is 0.217. The van der Waals surface area contributed by atoms with Gasteiger partial charge < -0.3 is 9.84 Å². The molecule has 0 spiro atoms. The molecule has 2 atom stereocenters. The molecule has 0 bridgehead atoms. The number of aromatic nitrogens is 7. The van der Waals surface area contributed by atoms with E-state index in [1.54, 1.807) is 36.5 Å². The van der Waals surface area contributed by atoms with Gasteiger partial charge in [0.05, 0.1) is 29.4 Å². The highest BCUT2D eigenvalue weighted by Crippen LogP contribution is 2.43. The van der Waals surface area contributed by atoms with Crippen LogP contribution in [-0.2, 0) is 0 Å². The van der Waals surface area contributed by atoms with E-state index in [2.05, 4.69) is 30.9 Å². The number of carbonyl (C=O) groups excluding carboxylic acids is 1. The molecule has 36 heavy (non-hydrogen) atoms. The van der Waals surface area contributed by atoms with E-state index in [0.717, 1.165) is 11.8 Å². The number of halogens is 3. The Bertz CT molecular complexity index is 1610. The summed E-state index contributed by atoms with van der Waals surface area (Å²) in [7, 11) is 0. The number of aryl methyl sites for hydroxylation is 1. The Morgan fingerprint density at radius 3 is 2.81 bits per heavy atom. The van der Waals surface area contributed by atoms with Crippen molar-refractivity contribution in [2.45, 2.75) is 32.0 Å². The third-order valence-corrected chi connectivity index (χ3v) is 5.99. The van der Waals surface area contributed by atoms with Gasteiger partial charge in [-0.05, 0) is 37.1 Å². The van der Waals surface area contributed by atoms with Crippen LogP contribution in [0.25, 0.3) is 28.2 Å². The third kappa shape index (κ3) is 3.87. The van der Waals surface area contributed by atoms with Crippen molar-refractivity contribution in [1.29, 1.82) is 0 Å². The van der Waals surface area contributed by atoms with Crippen molar-refractivity contribution in [1.82, 2.24) is 34.7 Å². The smallest absolute Gasteiger partial charge is 0.334 e. The number of pyridine rings is 1. The van der Waals surface area contributed by atoms with Gasteiger partial charge in [-0.15, -0.1) is 5.10 Å². The van der Waals surface area contributed by atoms with Gasteiger partial charge in [0.15, 0.2) is 0 Å². The van der Waals surface area contributed by atoms with Gasteiger partial charge in [0.2, 0.25) is 11.7 Å². The highest BCUT2D eigenvalue weighted by Gasteiger charge is 2.43. The van der Waals surface area contributed by atoms with Gasteiger partial charge in [0.25, 0.3) is 5.91 Å². The molecule has 1 fully saturated rings. The molecule has 0 saturated heterocycles. The monoisotopic (exact) mass is 494 g/mol. The Hall–Kier alpha value is -4.55. The second kappa shape index (κ2) is 8.29. The van der Waals surface area contributed by atoms with E-state index in [1.165, 1.54) is 10.7 Å². The highest BCUT2D eigenvalue weighted by molar-refractivity contribution is 6.09. The quantitative estimate of drug-likeness (QED) is 0.371. The number of nitrogens with one attached hydrogen (secondary N) is 1. The number of benzene rings is 1. The van der Waals surface area contributed by atoms with Gasteiger partial charge in [-0.25, -0.2) is 8.91 Å². The number of hydrogen-bond donors (Lipinski definition) is 1. The normalized spacial score (nSPS) is 17.1. The average molecular weight is 494 g/mol. The number of nitrogens with zero attached hydrogens (tertiary/aromatic N) is 7. The predicted molar refractivity (Wildman–Crippen MR) is 120 cm³/mol. The molecule has 1 aliphatic carbocycles. The van der Waals surface area contributed by atoms with E-state index >= 15 is 0 Å². The molecule has 4 heterocycles. The first-order chi connectivity index (χ1) is 17.4. The lowest BCUT2D eigenvalue weighted by atomic mass is 10.1. The minimum atomic E-state index is -2.81. The first-order valence-electron chi connectivity index (χ1n) is 10.9. The minimum absolute atomic E-state index is 0.235. The second-order valence-corrected chi connectivity index (χ2v) is 8.46. The van der Waals surface area contributed by atoms with Crippen molar-refractivity contribution in [3.05, 3.63) is 65.9 Å². The summed E-state index contributed by atoms with van der Waals surface area (Å²) in [5, 5.41) is 18.2.